The molecule has 12 heteroatoms. The van der Waals surface area contributed by atoms with E-state index in [1.54, 1.807) is 65.8 Å². The van der Waals surface area contributed by atoms with E-state index < -0.39 is 11.9 Å². The Kier molecular flexibility index (Phi) is 6.37. The molecule has 0 bridgehead atoms. The molecule has 40 heavy (non-hydrogen) atoms. The van der Waals surface area contributed by atoms with Crippen molar-refractivity contribution in [3.63, 3.8) is 0 Å². The molecule has 0 unspecified atom stereocenters. The van der Waals surface area contributed by atoms with Gasteiger partial charge in [-0.15, -0.1) is 0 Å². The highest BCUT2D eigenvalue weighted by Gasteiger charge is 2.39. The minimum Gasteiger partial charge on any atom is -0.497 e. The molecule has 1 aliphatic rings. The van der Waals surface area contributed by atoms with Crippen molar-refractivity contribution in [3.8, 4) is 16.9 Å². The Morgan fingerprint density at radius 3 is 2.62 bits per heavy atom. The summed E-state index contributed by atoms with van der Waals surface area (Å²) in [6.07, 6.45) is 3.68. The van der Waals surface area contributed by atoms with E-state index in [0.717, 1.165) is 9.15 Å². The van der Waals surface area contributed by atoms with Crippen LogP contribution in [0.2, 0.25) is 0 Å². The lowest BCUT2D eigenvalue weighted by Crippen LogP contribution is -2.38. The SMILES string of the molecule is COc1cc(Br)c2nccc(N3CCc4c(cc(Cn5ccnc5)cc4-c4cn(C)nc4C(F)(F)F)C3=O)c2c1. The Labute approximate surface area is 235 Å². The molecular formula is C28H22BrF3N6O2. The summed E-state index contributed by atoms with van der Waals surface area (Å²) >= 11 is 3.53. The number of alkyl halides is 3. The number of aryl methyl sites for hydroxylation is 1. The van der Waals surface area contributed by atoms with Gasteiger partial charge in [0, 0.05) is 65.9 Å². The molecule has 0 aliphatic carbocycles. The lowest BCUT2D eigenvalue weighted by Gasteiger charge is -2.31. The Bertz CT molecular complexity index is 1760. The van der Waals surface area contributed by atoms with E-state index in [-0.39, 0.29) is 18.0 Å². The summed E-state index contributed by atoms with van der Waals surface area (Å²) in [4.78, 5) is 24.3. The molecule has 1 aliphatic heterocycles. The number of hydrogen-bond donors (Lipinski definition) is 0. The predicted molar refractivity (Wildman–Crippen MR) is 146 cm³/mol. The largest absolute Gasteiger partial charge is 0.497 e. The Morgan fingerprint density at radius 1 is 1.10 bits per heavy atom. The quantitative estimate of drug-likeness (QED) is 0.249. The summed E-state index contributed by atoms with van der Waals surface area (Å²) in [5.74, 6) is 0.290. The molecule has 5 aromatic rings. The van der Waals surface area contributed by atoms with Crippen LogP contribution in [0, 0.1) is 0 Å². The molecule has 8 nitrogen and oxygen atoms in total. The van der Waals surface area contributed by atoms with E-state index in [4.69, 9.17) is 4.74 Å². The van der Waals surface area contributed by atoms with E-state index in [0.29, 0.717) is 57.6 Å². The van der Waals surface area contributed by atoms with Crippen molar-refractivity contribution in [1.29, 1.82) is 0 Å². The lowest BCUT2D eigenvalue weighted by molar-refractivity contribution is -0.140. The number of benzene rings is 2. The third-order valence-electron chi connectivity index (χ3n) is 6.96. The Balaban J connectivity index is 1.53. The number of rotatable bonds is 5. The van der Waals surface area contributed by atoms with Crippen LogP contribution in [0.1, 0.15) is 27.2 Å². The molecular weight excluding hydrogens is 589 g/mol. The second-order valence-corrected chi connectivity index (χ2v) is 10.4. The van der Waals surface area contributed by atoms with Crippen LogP contribution in [-0.4, -0.2) is 43.9 Å². The average Bonchev–Trinajstić information content (AvgIpc) is 3.58. The maximum Gasteiger partial charge on any atom is 0.435 e. The normalized spacial score (nSPS) is 13.7. The molecule has 0 N–H and O–H groups in total. The molecule has 1 amide bonds. The maximum atomic E-state index is 14.1. The summed E-state index contributed by atoms with van der Waals surface area (Å²) in [7, 11) is 3.01. The van der Waals surface area contributed by atoms with Crippen LogP contribution in [-0.2, 0) is 26.2 Å². The molecule has 0 atom stereocenters. The van der Waals surface area contributed by atoms with Crippen LogP contribution in [0.5, 0.6) is 5.75 Å². The van der Waals surface area contributed by atoms with Gasteiger partial charge in [0.2, 0.25) is 0 Å². The smallest absolute Gasteiger partial charge is 0.435 e. The first-order valence-electron chi connectivity index (χ1n) is 12.3. The first-order valence-corrected chi connectivity index (χ1v) is 13.1. The molecule has 4 heterocycles. The summed E-state index contributed by atoms with van der Waals surface area (Å²) in [6.45, 7) is 0.604. The Morgan fingerprint density at radius 2 is 1.90 bits per heavy atom. The molecule has 2 aromatic carbocycles. The third-order valence-corrected chi connectivity index (χ3v) is 7.56. The van der Waals surface area contributed by atoms with Crippen LogP contribution < -0.4 is 9.64 Å². The number of amides is 1. The van der Waals surface area contributed by atoms with Crippen molar-refractivity contribution < 1.29 is 22.7 Å². The van der Waals surface area contributed by atoms with Crippen molar-refractivity contribution in [3.05, 3.63) is 88.3 Å². The minimum absolute atomic E-state index is 0.0528. The molecule has 0 saturated heterocycles. The minimum atomic E-state index is -4.66. The maximum absolute atomic E-state index is 14.1. The van der Waals surface area contributed by atoms with Crippen molar-refractivity contribution in [2.75, 3.05) is 18.6 Å². The number of nitrogens with zero attached hydrogens (tertiary/aromatic N) is 6. The van der Waals surface area contributed by atoms with E-state index in [1.807, 2.05) is 6.07 Å². The van der Waals surface area contributed by atoms with Crippen LogP contribution >= 0.6 is 15.9 Å². The van der Waals surface area contributed by atoms with E-state index >= 15 is 0 Å². The second kappa shape index (κ2) is 9.77. The van der Waals surface area contributed by atoms with Crippen molar-refractivity contribution in [1.82, 2.24) is 24.3 Å². The first-order chi connectivity index (χ1) is 19.1. The number of fused-ring (bicyclic) bond motifs is 2. The topological polar surface area (TPSA) is 78.1 Å². The van der Waals surface area contributed by atoms with Crippen LogP contribution in [0.3, 0.4) is 0 Å². The van der Waals surface area contributed by atoms with Crippen molar-refractivity contribution in [2.45, 2.75) is 19.1 Å². The fraction of sp³-hybridized carbons (Fsp3) is 0.214. The molecule has 0 radical (unpaired) electrons. The zero-order valence-corrected chi connectivity index (χ0v) is 23.0. The molecule has 204 valence electrons. The average molecular weight is 611 g/mol. The van der Waals surface area contributed by atoms with Gasteiger partial charge in [-0.25, -0.2) is 4.98 Å². The Hall–Kier alpha value is -4.19. The summed E-state index contributed by atoms with van der Waals surface area (Å²) in [5.41, 5.74) is 2.20. The van der Waals surface area contributed by atoms with Crippen LogP contribution in [0.25, 0.3) is 22.0 Å². The molecule has 6 rings (SSSR count). The van der Waals surface area contributed by atoms with Gasteiger partial charge < -0.3 is 14.2 Å². The van der Waals surface area contributed by atoms with E-state index in [2.05, 4.69) is 31.0 Å². The van der Waals surface area contributed by atoms with Gasteiger partial charge in [0.05, 0.1) is 24.6 Å². The number of imidazole rings is 1. The van der Waals surface area contributed by atoms with Gasteiger partial charge in [-0.1, -0.05) is 0 Å². The predicted octanol–water partition coefficient (Wildman–Crippen LogP) is 5.87. The highest BCUT2D eigenvalue weighted by atomic mass is 79.9. The zero-order valence-electron chi connectivity index (χ0n) is 21.4. The third kappa shape index (κ3) is 4.51. The summed E-state index contributed by atoms with van der Waals surface area (Å²) < 4.78 is 51.1. The van der Waals surface area contributed by atoms with Gasteiger partial charge in [0.1, 0.15) is 5.75 Å². The van der Waals surface area contributed by atoms with Crippen molar-refractivity contribution >= 4 is 38.4 Å². The highest BCUT2D eigenvalue weighted by Crippen LogP contribution is 2.41. The number of anilines is 1. The van der Waals surface area contributed by atoms with Gasteiger partial charge in [-0.2, -0.15) is 18.3 Å². The van der Waals surface area contributed by atoms with Crippen LogP contribution in [0.4, 0.5) is 18.9 Å². The molecule has 0 saturated carbocycles. The summed E-state index contributed by atoms with van der Waals surface area (Å²) in [6, 6.07) is 8.86. The first kappa shape index (κ1) is 26.1. The number of carbonyl (C=O) groups is 1. The van der Waals surface area contributed by atoms with Crippen molar-refractivity contribution in [2.24, 2.45) is 7.05 Å². The number of methoxy groups -OCH3 is 1. The number of hydrogen-bond acceptors (Lipinski definition) is 5. The fourth-order valence-electron chi connectivity index (χ4n) is 5.24. The number of carbonyl (C=O) groups excluding carboxylic acids is 1. The fourth-order valence-corrected chi connectivity index (χ4v) is 5.78. The van der Waals surface area contributed by atoms with Gasteiger partial charge in [-0.05, 0) is 69.4 Å². The van der Waals surface area contributed by atoms with Gasteiger partial charge >= 0.3 is 6.18 Å². The van der Waals surface area contributed by atoms with E-state index in [1.165, 1.54) is 13.2 Å². The number of aromatic nitrogens is 5. The second-order valence-electron chi connectivity index (χ2n) is 9.51. The highest BCUT2D eigenvalue weighted by molar-refractivity contribution is 9.10. The van der Waals surface area contributed by atoms with Gasteiger partial charge in [0.15, 0.2) is 5.69 Å². The number of halogens is 4. The standard InChI is InChI=1S/C28H22BrF3N6O2/c1-36-14-22(26(35-36)28(30,31)32)19-9-16(13-37-8-6-33-15-37)10-20-18(19)4-7-38(27(20)39)24-3-5-34-25-21(24)11-17(40-2)12-23(25)29/h3,5-6,8-12,14-15H,4,7,13H2,1-2H3. The zero-order chi connectivity index (χ0) is 28.2. The molecule has 0 spiro atoms. The van der Waals surface area contributed by atoms with E-state index in [9.17, 15) is 18.0 Å². The van der Waals surface area contributed by atoms with Gasteiger partial charge in [-0.3, -0.25) is 14.5 Å². The van der Waals surface area contributed by atoms with Gasteiger partial charge in [0.25, 0.3) is 5.91 Å². The molecule has 3 aromatic heterocycles. The van der Waals surface area contributed by atoms with Crippen LogP contribution in [0.15, 0.2) is 65.9 Å². The summed E-state index contributed by atoms with van der Waals surface area (Å²) in [5, 5.41) is 4.43. The monoisotopic (exact) mass is 610 g/mol. The number of ether oxygens (including phenoxy) is 1. The number of pyridine rings is 1. The lowest BCUT2D eigenvalue weighted by atomic mass is 9.88. The molecule has 0 fully saturated rings.